The van der Waals surface area contributed by atoms with E-state index >= 15 is 0 Å². The average molecular weight is 266 g/mol. The maximum Gasteiger partial charge on any atom is 0.408 e. The van der Waals surface area contributed by atoms with Gasteiger partial charge >= 0.3 is 6.09 Å². The Balaban J connectivity index is 2.49. The number of carbonyl (C=O) groups excluding carboxylic acids is 2. The Hall–Kier alpha value is -2.11. The molecular formula is C13H18N2O4. The number of nitrogens with zero attached hydrogens (tertiary/aromatic N) is 1. The molecule has 1 aromatic rings. The van der Waals surface area contributed by atoms with Gasteiger partial charge in [-0.2, -0.15) is 0 Å². The molecule has 0 spiro atoms. The normalized spacial score (nSPS) is 10.7. The molecule has 0 aliphatic carbocycles. The van der Waals surface area contributed by atoms with Crippen LogP contribution < -0.4 is 10.1 Å². The van der Waals surface area contributed by atoms with Crippen LogP contribution in [0.4, 0.5) is 4.79 Å². The summed E-state index contributed by atoms with van der Waals surface area (Å²) in [6.45, 7) is 5.12. The van der Waals surface area contributed by atoms with Gasteiger partial charge in [0.2, 0.25) is 5.88 Å². The number of hydrogen-bond donors (Lipinski definition) is 1. The fraction of sp³-hybridized carbons (Fsp3) is 0.462. The highest BCUT2D eigenvalue weighted by molar-refractivity contribution is 5.98. The molecule has 6 heteroatoms. The van der Waals surface area contributed by atoms with Crippen LogP contribution in [0.5, 0.6) is 5.88 Å². The van der Waals surface area contributed by atoms with Gasteiger partial charge in [0, 0.05) is 17.8 Å². The zero-order valence-corrected chi connectivity index (χ0v) is 11.5. The van der Waals surface area contributed by atoms with Crippen molar-refractivity contribution < 1.29 is 19.1 Å². The Morgan fingerprint density at radius 2 is 2.00 bits per heavy atom. The number of alkyl carbamates (subject to hydrolysis) is 1. The topological polar surface area (TPSA) is 77.5 Å². The third-order valence-electron chi connectivity index (χ3n) is 2.06. The molecule has 0 aliphatic heterocycles. The first kappa shape index (κ1) is 14.9. The van der Waals surface area contributed by atoms with Crippen LogP contribution in [0.2, 0.25) is 0 Å². The minimum Gasteiger partial charge on any atom is -0.481 e. The summed E-state index contributed by atoms with van der Waals surface area (Å²) in [4.78, 5) is 27.1. The number of ether oxygens (including phenoxy) is 2. The number of rotatable bonds is 4. The van der Waals surface area contributed by atoms with Gasteiger partial charge in [-0.25, -0.2) is 9.78 Å². The van der Waals surface area contributed by atoms with E-state index in [1.807, 2.05) is 0 Å². The van der Waals surface area contributed by atoms with Crippen molar-refractivity contribution in [1.82, 2.24) is 10.3 Å². The Labute approximate surface area is 112 Å². The van der Waals surface area contributed by atoms with E-state index in [2.05, 4.69) is 10.3 Å². The molecule has 1 amide bonds. The van der Waals surface area contributed by atoms with E-state index in [0.29, 0.717) is 11.4 Å². The first-order chi connectivity index (χ1) is 8.81. The van der Waals surface area contributed by atoms with Gasteiger partial charge in [0.25, 0.3) is 0 Å². The van der Waals surface area contributed by atoms with Crippen molar-refractivity contribution in [3.63, 3.8) is 0 Å². The molecule has 0 saturated heterocycles. The van der Waals surface area contributed by atoms with Crippen LogP contribution in [0.25, 0.3) is 0 Å². The Morgan fingerprint density at radius 3 is 2.47 bits per heavy atom. The molecule has 1 aromatic heterocycles. The predicted octanol–water partition coefficient (Wildman–Crippen LogP) is 1.80. The van der Waals surface area contributed by atoms with Crippen LogP contribution in [0.15, 0.2) is 18.3 Å². The Morgan fingerprint density at radius 1 is 1.32 bits per heavy atom. The summed E-state index contributed by atoms with van der Waals surface area (Å²) in [5.41, 5.74) is -0.189. The zero-order chi connectivity index (χ0) is 14.5. The number of ketones is 1. The molecule has 0 unspecified atom stereocenters. The molecule has 1 heterocycles. The summed E-state index contributed by atoms with van der Waals surface area (Å²) in [5.74, 6) is 0.178. The van der Waals surface area contributed by atoms with Crippen molar-refractivity contribution in [3.05, 3.63) is 23.9 Å². The lowest BCUT2D eigenvalue weighted by molar-refractivity contribution is 0.0520. The number of methoxy groups -OCH3 is 1. The zero-order valence-electron chi connectivity index (χ0n) is 11.5. The largest absolute Gasteiger partial charge is 0.481 e. The molecular weight excluding hydrogens is 248 g/mol. The lowest BCUT2D eigenvalue weighted by Gasteiger charge is -2.19. The maximum atomic E-state index is 11.8. The second-order valence-corrected chi connectivity index (χ2v) is 4.87. The second kappa shape index (κ2) is 6.17. The number of pyridine rings is 1. The van der Waals surface area contributed by atoms with E-state index in [1.165, 1.54) is 13.3 Å². The van der Waals surface area contributed by atoms with Crippen molar-refractivity contribution in [2.24, 2.45) is 0 Å². The monoisotopic (exact) mass is 266 g/mol. The van der Waals surface area contributed by atoms with Gasteiger partial charge in [-0.05, 0) is 26.8 Å². The summed E-state index contributed by atoms with van der Waals surface area (Å²) in [5, 5.41) is 2.40. The molecule has 0 saturated carbocycles. The van der Waals surface area contributed by atoms with Gasteiger partial charge in [-0.1, -0.05) is 0 Å². The summed E-state index contributed by atoms with van der Waals surface area (Å²) >= 11 is 0. The lowest BCUT2D eigenvalue weighted by Crippen LogP contribution is -2.35. The van der Waals surface area contributed by atoms with Gasteiger partial charge < -0.3 is 14.8 Å². The van der Waals surface area contributed by atoms with Gasteiger partial charge in [0.1, 0.15) is 5.60 Å². The third kappa shape index (κ3) is 5.37. The number of hydrogen-bond acceptors (Lipinski definition) is 5. The fourth-order valence-corrected chi connectivity index (χ4v) is 1.23. The van der Waals surface area contributed by atoms with Gasteiger partial charge in [0.15, 0.2) is 5.78 Å². The van der Waals surface area contributed by atoms with Crippen LogP contribution in [-0.2, 0) is 4.74 Å². The molecule has 1 N–H and O–H groups in total. The van der Waals surface area contributed by atoms with Crippen molar-refractivity contribution in [3.8, 4) is 5.88 Å². The summed E-state index contributed by atoms with van der Waals surface area (Å²) in [6, 6.07) is 3.17. The highest BCUT2D eigenvalue weighted by atomic mass is 16.6. The first-order valence-electron chi connectivity index (χ1n) is 5.82. The molecule has 1 rings (SSSR count). The van der Waals surface area contributed by atoms with Crippen LogP contribution in [-0.4, -0.2) is 36.1 Å². The van der Waals surface area contributed by atoms with Gasteiger partial charge in [-0.15, -0.1) is 0 Å². The van der Waals surface area contributed by atoms with E-state index in [9.17, 15) is 9.59 Å². The van der Waals surface area contributed by atoms with Gasteiger partial charge in [-0.3, -0.25) is 4.79 Å². The standard InChI is InChI=1S/C13H18N2O4/c1-13(2,3)19-12(17)15-8-10(16)9-5-6-11(18-4)14-7-9/h5-7H,8H2,1-4H3,(H,15,17). The molecule has 0 aliphatic rings. The Bertz CT molecular complexity index is 449. The molecule has 0 radical (unpaired) electrons. The number of carbonyl (C=O) groups is 2. The number of amides is 1. The molecule has 0 aromatic carbocycles. The van der Waals surface area contributed by atoms with E-state index in [0.717, 1.165) is 0 Å². The molecule has 6 nitrogen and oxygen atoms in total. The van der Waals surface area contributed by atoms with Crippen molar-refractivity contribution in [2.75, 3.05) is 13.7 Å². The SMILES string of the molecule is COc1ccc(C(=O)CNC(=O)OC(C)(C)C)cn1. The van der Waals surface area contributed by atoms with Crippen molar-refractivity contribution in [1.29, 1.82) is 0 Å². The third-order valence-corrected chi connectivity index (χ3v) is 2.06. The average Bonchev–Trinajstić information content (AvgIpc) is 2.34. The molecule has 19 heavy (non-hydrogen) atoms. The van der Waals surface area contributed by atoms with Crippen LogP contribution in [0.3, 0.4) is 0 Å². The summed E-state index contributed by atoms with van der Waals surface area (Å²) in [7, 11) is 1.49. The minimum absolute atomic E-state index is 0.136. The Kier molecular flexibility index (Phi) is 4.86. The van der Waals surface area contributed by atoms with E-state index in [-0.39, 0.29) is 12.3 Å². The van der Waals surface area contributed by atoms with Crippen LogP contribution in [0.1, 0.15) is 31.1 Å². The van der Waals surface area contributed by atoms with E-state index in [1.54, 1.807) is 32.9 Å². The van der Waals surface area contributed by atoms with Crippen LogP contribution >= 0.6 is 0 Å². The van der Waals surface area contributed by atoms with E-state index < -0.39 is 11.7 Å². The number of Topliss-reactive ketones (excluding diaryl/α,β-unsaturated/α-hetero) is 1. The molecule has 0 fully saturated rings. The lowest BCUT2D eigenvalue weighted by atomic mass is 10.2. The van der Waals surface area contributed by atoms with Crippen molar-refractivity contribution in [2.45, 2.75) is 26.4 Å². The predicted molar refractivity (Wildman–Crippen MR) is 69.4 cm³/mol. The smallest absolute Gasteiger partial charge is 0.408 e. The summed E-state index contributed by atoms with van der Waals surface area (Å²) < 4.78 is 9.91. The second-order valence-electron chi connectivity index (χ2n) is 4.87. The van der Waals surface area contributed by atoms with E-state index in [4.69, 9.17) is 9.47 Å². The molecule has 0 bridgehead atoms. The van der Waals surface area contributed by atoms with Crippen LogP contribution in [0, 0.1) is 0 Å². The number of aromatic nitrogens is 1. The minimum atomic E-state index is -0.623. The van der Waals surface area contributed by atoms with Gasteiger partial charge in [0.05, 0.1) is 13.7 Å². The summed E-state index contributed by atoms with van der Waals surface area (Å²) in [6.07, 6.45) is 0.778. The molecule has 104 valence electrons. The highest BCUT2D eigenvalue weighted by Crippen LogP contribution is 2.08. The first-order valence-corrected chi connectivity index (χ1v) is 5.82. The number of nitrogens with one attached hydrogen (secondary N) is 1. The maximum absolute atomic E-state index is 11.8. The quantitative estimate of drug-likeness (QED) is 0.841. The van der Waals surface area contributed by atoms with Crippen molar-refractivity contribution >= 4 is 11.9 Å². The highest BCUT2D eigenvalue weighted by Gasteiger charge is 2.17. The molecule has 0 atom stereocenters. The fourth-order valence-electron chi connectivity index (χ4n) is 1.23.